The first kappa shape index (κ1) is 21.5. The second-order valence-corrected chi connectivity index (χ2v) is 8.18. The van der Waals surface area contributed by atoms with Crippen LogP contribution in [0.25, 0.3) is 0 Å². The molecule has 1 rings (SSSR count). The summed E-state index contributed by atoms with van der Waals surface area (Å²) in [7, 11) is 3.47. The maximum Gasteiger partial charge on any atom is 0.410 e. The van der Waals surface area contributed by atoms with Crippen LogP contribution in [0.4, 0.5) is 4.79 Å². The van der Waals surface area contributed by atoms with Gasteiger partial charge in [0.2, 0.25) is 0 Å². The lowest BCUT2D eigenvalue weighted by Gasteiger charge is -2.33. The van der Waals surface area contributed by atoms with E-state index in [2.05, 4.69) is 15.6 Å². The van der Waals surface area contributed by atoms with Crippen molar-refractivity contribution >= 4 is 12.1 Å². The fourth-order valence-corrected chi connectivity index (χ4v) is 2.48. The lowest BCUT2D eigenvalue weighted by atomic mass is 9.97. The molecular weight excluding hydrogens is 320 g/mol. The van der Waals surface area contributed by atoms with Crippen molar-refractivity contribution in [3.63, 3.8) is 0 Å². The molecule has 7 nitrogen and oxygen atoms in total. The number of likely N-dealkylation sites (tertiary alicyclic amines) is 1. The summed E-state index contributed by atoms with van der Waals surface area (Å²) in [4.78, 5) is 18.1. The van der Waals surface area contributed by atoms with Crippen LogP contribution >= 0.6 is 0 Å². The summed E-state index contributed by atoms with van der Waals surface area (Å²) in [6.45, 7) is 12.7. The summed E-state index contributed by atoms with van der Waals surface area (Å²) in [5.74, 6) is 1.30. The number of rotatable bonds is 5. The molecule has 0 unspecified atom stereocenters. The van der Waals surface area contributed by atoms with Crippen LogP contribution in [0.15, 0.2) is 4.99 Å². The number of nitrogens with one attached hydrogen (secondary N) is 2. The van der Waals surface area contributed by atoms with Crippen molar-refractivity contribution in [2.24, 2.45) is 10.9 Å². The number of ether oxygens (including phenoxy) is 2. The van der Waals surface area contributed by atoms with E-state index in [0.29, 0.717) is 12.5 Å². The van der Waals surface area contributed by atoms with Crippen LogP contribution in [0, 0.1) is 5.92 Å². The van der Waals surface area contributed by atoms with Crippen molar-refractivity contribution in [1.29, 1.82) is 0 Å². The highest BCUT2D eigenvalue weighted by Crippen LogP contribution is 2.19. The van der Waals surface area contributed by atoms with E-state index in [0.717, 1.165) is 38.4 Å². The molecule has 1 saturated heterocycles. The zero-order chi connectivity index (χ0) is 19.1. The number of amides is 1. The largest absolute Gasteiger partial charge is 0.444 e. The number of aliphatic imine (C=N–C) groups is 1. The number of nitrogens with zero attached hydrogens (tertiary/aromatic N) is 2. The first-order chi connectivity index (χ1) is 11.6. The normalized spacial score (nSPS) is 17.4. The molecule has 25 heavy (non-hydrogen) atoms. The van der Waals surface area contributed by atoms with E-state index in [1.165, 1.54) is 0 Å². The third kappa shape index (κ3) is 8.43. The molecule has 0 radical (unpaired) electrons. The highest BCUT2D eigenvalue weighted by atomic mass is 16.6. The third-order valence-electron chi connectivity index (χ3n) is 4.28. The zero-order valence-corrected chi connectivity index (χ0v) is 16.9. The Morgan fingerprint density at radius 3 is 2.24 bits per heavy atom. The van der Waals surface area contributed by atoms with Gasteiger partial charge in [0.15, 0.2) is 5.96 Å². The van der Waals surface area contributed by atoms with Gasteiger partial charge >= 0.3 is 6.09 Å². The predicted molar refractivity (Wildman–Crippen MR) is 101 cm³/mol. The van der Waals surface area contributed by atoms with E-state index in [1.54, 1.807) is 19.1 Å². The van der Waals surface area contributed by atoms with Gasteiger partial charge in [0.25, 0.3) is 0 Å². The number of methoxy groups -OCH3 is 1. The van der Waals surface area contributed by atoms with Crippen molar-refractivity contribution in [3.8, 4) is 0 Å². The lowest BCUT2D eigenvalue weighted by Crippen LogP contribution is -2.48. The summed E-state index contributed by atoms with van der Waals surface area (Å²) in [6, 6.07) is 0. The second-order valence-electron chi connectivity index (χ2n) is 8.18. The zero-order valence-electron chi connectivity index (χ0n) is 16.9. The Bertz CT molecular complexity index is 450. The second kappa shape index (κ2) is 9.27. The average molecular weight is 357 g/mol. The van der Waals surface area contributed by atoms with Crippen LogP contribution in [0.2, 0.25) is 0 Å². The van der Waals surface area contributed by atoms with Crippen LogP contribution in [0.1, 0.15) is 47.5 Å². The van der Waals surface area contributed by atoms with E-state index in [-0.39, 0.29) is 11.7 Å². The standard InChI is InChI=1S/C18H36N4O3/c1-17(2,3)25-16(23)22-10-8-14(9-11-22)12-20-15(19-6)21-13-18(4,5)24-7/h14H,8-13H2,1-7H3,(H2,19,20,21). The van der Waals surface area contributed by atoms with E-state index >= 15 is 0 Å². The number of carbonyl (C=O) groups excluding carboxylic acids is 1. The topological polar surface area (TPSA) is 75.2 Å². The number of piperidine rings is 1. The van der Waals surface area contributed by atoms with Gasteiger partial charge in [-0.2, -0.15) is 0 Å². The molecule has 146 valence electrons. The predicted octanol–water partition coefficient (Wildman–Crippen LogP) is 2.22. The van der Waals surface area contributed by atoms with Crippen LogP contribution in [0.5, 0.6) is 0 Å². The van der Waals surface area contributed by atoms with E-state index in [9.17, 15) is 4.79 Å². The van der Waals surface area contributed by atoms with Crippen molar-refractivity contribution < 1.29 is 14.3 Å². The molecule has 1 amide bonds. The summed E-state index contributed by atoms with van der Waals surface area (Å²) < 4.78 is 10.8. The molecule has 7 heteroatoms. The van der Waals surface area contributed by atoms with Crippen molar-refractivity contribution in [2.75, 3.05) is 40.3 Å². The Labute approximate surface area is 152 Å². The van der Waals surface area contributed by atoms with Crippen molar-refractivity contribution in [3.05, 3.63) is 0 Å². The van der Waals surface area contributed by atoms with E-state index in [1.807, 2.05) is 34.6 Å². The fourth-order valence-electron chi connectivity index (χ4n) is 2.48. The molecule has 0 aromatic heterocycles. The third-order valence-corrected chi connectivity index (χ3v) is 4.28. The molecule has 0 aromatic carbocycles. The maximum atomic E-state index is 12.1. The van der Waals surface area contributed by atoms with Crippen molar-refractivity contribution in [2.45, 2.75) is 58.7 Å². The van der Waals surface area contributed by atoms with Crippen LogP contribution in [0.3, 0.4) is 0 Å². The van der Waals surface area contributed by atoms with Gasteiger partial charge in [-0.05, 0) is 53.4 Å². The van der Waals surface area contributed by atoms with Gasteiger partial charge in [-0.15, -0.1) is 0 Å². The Hall–Kier alpha value is -1.50. The highest BCUT2D eigenvalue weighted by molar-refractivity contribution is 5.79. The monoisotopic (exact) mass is 356 g/mol. The van der Waals surface area contributed by atoms with Crippen molar-refractivity contribution in [1.82, 2.24) is 15.5 Å². The number of hydrogen-bond acceptors (Lipinski definition) is 4. The molecule has 0 aliphatic carbocycles. The van der Waals surface area contributed by atoms with Gasteiger partial charge in [0.1, 0.15) is 5.60 Å². The molecule has 1 heterocycles. The molecule has 1 fully saturated rings. The van der Waals surface area contributed by atoms with Gasteiger partial charge in [-0.25, -0.2) is 4.79 Å². The van der Waals surface area contributed by atoms with Crippen LogP contribution < -0.4 is 10.6 Å². The number of carbonyl (C=O) groups is 1. The van der Waals surface area contributed by atoms with E-state index < -0.39 is 5.60 Å². The molecule has 1 aliphatic rings. The van der Waals surface area contributed by atoms with Crippen LogP contribution in [-0.2, 0) is 9.47 Å². The smallest absolute Gasteiger partial charge is 0.410 e. The van der Waals surface area contributed by atoms with Crippen LogP contribution in [-0.4, -0.2) is 68.5 Å². The van der Waals surface area contributed by atoms with Gasteiger partial charge in [0, 0.05) is 40.3 Å². The minimum absolute atomic E-state index is 0.210. The van der Waals surface area contributed by atoms with Gasteiger partial charge in [-0.1, -0.05) is 0 Å². The molecule has 0 spiro atoms. The molecule has 0 atom stereocenters. The lowest BCUT2D eigenvalue weighted by molar-refractivity contribution is 0.0185. The average Bonchev–Trinajstić information content (AvgIpc) is 2.54. The molecule has 0 bridgehead atoms. The fraction of sp³-hybridized carbons (Fsp3) is 0.889. The van der Waals surface area contributed by atoms with Gasteiger partial charge in [-0.3, -0.25) is 4.99 Å². The Balaban J connectivity index is 2.33. The quantitative estimate of drug-likeness (QED) is 0.584. The minimum atomic E-state index is -0.441. The first-order valence-corrected chi connectivity index (χ1v) is 9.04. The van der Waals surface area contributed by atoms with Gasteiger partial charge in [0.05, 0.1) is 5.60 Å². The molecular formula is C18H36N4O3. The summed E-state index contributed by atoms with van der Waals surface area (Å²) in [5, 5.41) is 6.65. The minimum Gasteiger partial charge on any atom is -0.444 e. The van der Waals surface area contributed by atoms with Gasteiger partial charge < -0.3 is 25.0 Å². The summed E-state index contributed by atoms with van der Waals surface area (Å²) in [5.41, 5.74) is -0.681. The number of guanidine groups is 1. The molecule has 1 aliphatic heterocycles. The Morgan fingerprint density at radius 2 is 1.76 bits per heavy atom. The summed E-state index contributed by atoms with van der Waals surface area (Å²) >= 11 is 0. The highest BCUT2D eigenvalue weighted by Gasteiger charge is 2.27. The summed E-state index contributed by atoms with van der Waals surface area (Å²) in [6.07, 6.45) is 1.72. The first-order valence-electron chi connectivity index (χ1n) is 9.04. The SMILES string of the molecule is CN=C(NCC1CCN(C(=O)OC(C)(C)C)CC1)NCC(C)(C)OC. The Kier molecular flexibility index (Phi) is 7.99. The molecule has 2 N–H and O–H groups in total. The number of hydrogen-bond donors (Lipinski definition) is 2. The Morgan fingerprint density at radius 1 is 1.16 bits per heavy atom. The maximum absolute atomic E-state index is 12.1. The molecule has 0 aromatic rings. The van der Waals surface area contributed by atoms with E-state index in [4.69, 9.17) is 9.47 Å². The molecule has 0 saturated carbocycles.